The van der Waals surface area contributed by atoms with Gasteiger partial charge < -0.3 is 9.47 Å². The highest BCUT2D eigenvalue weighted by Crippen LogP contribution is 2.23. The van der Waals surface area contributed by atoms with Crippen molar-refractivity contribution in [2.45, 2.75) is 32.0 Å². The third kappa shape index (κ3) is 3.43. The second kappa shape index (κ2) is 6.44. The Bertz CT molecular complexity index is 648. The minimum Gasteiger partial charge on any atom is -0.486 e. The fourth-order valence-corrected chi connectivity index (χ4v) is 2.17. The molecule has 3 nitrogen and oxygen atoms in total. The normalized spacial score (nSPS) is 14.3. The lowest BCUT2D eigenvalue weighted by Crippen LogP contribution is -2.26. The summed E-state index contributed by atoms with van der Waals surface area (Å²) in [4.78, 5) is 12.4. The second-order valence-corrected chi connectivity index (χ2v) is 5.22. The summed E-state index contributed by atoms with van der Waals surface area (Å²) >= 11 is 0. The summed E-state index contributed by atoms with van der Waals surface area (Å²) in [6.45, 7) is 0.378. The maximum absolute atomic E-state index is 12.4. The van der Waals surface area contributed by atoms with Crippen LogP contribution in [-0.4, -0.2) is 6.10 Å². The van der Waals surface area contributed by atoms with Crippen molar-refractivity contribution in [3.63, 3.8) is 0 Å². The lowest BCUT2D eigenvalue weighted by Gasteiger charge is -2.25. The van der Waals surface area contributed by atoms with E-state index in [-0.39, 0.29) is 11.5 Å². The summed E-state index contributed by atoms with van der Waals surface area (Å²) in [6, 6.07) is 16.8. The summed E-state index contributed by atoms with van der Waals surface area (Å²) < 4.78 is 11.4. The highest BCUT2D eigenvalue weighted by Gasteiger charge is 2.20. The molecule has 0 unspecified atom stereocenters. The van der Waals surface area contributed by atoms with Gasteiger partial charge in [-0.05, 0) is 37.0 Å². The van der Waals surface area contributed by atoms with Crippen LogP contribution in [0.5, 0.6) is 11.5 Å². The molecule has 2 aromatic rings. The fraction of sp³-hybridized carbons (Fsp3) is 0.278. The van der Waals surface area contributed by atoms with Gasteiger partial charge in [-0.25, -0.2) is 0 Å². The van der Waals surface area contributed by atoms with Crippen LogP contribution >= 0.6 is 0 Å². The van der Waals surface area contributed by atoms with Gasteiger partial charge in [0.15, 0.2) is 11.5 Å². The van der Waals surface area contributed by atoms with Crippen LogP contribution in [0.2, 0.25) is 0 Å². The first-order valence-corrected chi connectivity index (χ1v) is 7.29. The summed E-state index contributed by atoms with van der Waals surface area (Å²) in [5.41, 5.74) is 0.854. The van der Waals surface area contributed by atoms with Gasteiger partial charge in [0.1, 0.15) is 6.61 Å². The minimum atomic E-state index is -0.178. The molecule has 108 valence electrons. The van der Waals surface area contributed by atoms with Crippen LogP contribution in [0.4, 0.5) is 0 Å². The average molecular weight is 282 g/mol. The Labute approximate surface area is 124 Å². The van der Waals surface area contributed by atoms with Crippen molar-refractivity contribution >= 4 is 0 Å². The van der Waals surface area contributed by atoms with E-state index in [1.165, 1.54) is 6.42 Å². The number of hydrogen-bond acceptors (Lipinski definition) is 3. The zero-order chi connectivity index (χ0) is 14.5. The molecule has 1 aliphatic rings. The molecule has 3 heteroatoms. The number of ether oxygens (including phenoxy) is 2. The Morgan fingerprint density at radius 1 is 0.905 bits per heavy atom. The van der Waals surface area contributed by atoms with Gasteiger partial charge in [-0.3, -0.25) is 4.79 Å². The van der Waals surface area contributed by atoms with E-state index in [1.807, 2.05) is 36.4 Å². The van der Waals surface area contributed by atoms with Crippen molar-refractivity contribution in [2.75, 3.05) is 0 Å². The lowest BCUT2D eigenvalue weighted by molar-refractivity contribution is 0.118. The van der Waals surface area contributed by atoms with Crippen LogP contribution in [0.15, 0.2) is 59.4 Å². The number of benzene rings is 1. The van der Waals surface area contributed by atoms with Crippen molar-refractivity contribution in [1.29, 1.82) is 0 Å². The van der Waals surface area contributed by atoms with Crippen molar-refractivity contribution in [3.8, 4) is 11.5 Å². The molecule has 0 N–H and O–H groups in total. The second-order valence-electron chi connectivity index (χ2n) is 5.22. The molecule has 0 bridgehead atoms. The van der Waals surface area contributed by atoms with Gasteiger partial charge in [0, 0.05) is 0 Å². The summed E-state index contributed by atoms with van der Waals surface area (Å²) in [7, 11) is 0. The molecular formula is C18H18O3. The first kappa shape index (κ1) is 13.7. The average Bonchev–Trinajstić information content (AvgIpc) is 2.64. The van der Waals surface area contributed by atoms with Gasteiger partial charge in [-0.2, -0.15) is 0 Å². The van der Waals surface area contributed by atoms with E-state index in [2.05, 4.69) is 0 Å². The van der Waals surface area contributed by atoms with Crippen LogP contribution in [0.1, 0.15) is 24.8 Å². The number of hydrogen-bond donors (Lipinski definition) is 0. The molecule has 3 rings (SSSR count). The van der Waals surface area contributed by atoms with E-state index in [1.54, 1.807) is 18.2 Å². The van der Waals surface area contributed by atoms with Crippen molar-refractivity contribution in [2.24, 2.45) is 0 Å². The third-order valence-corrected chi connectivity index (χ3v) is 3.64. The zero-order valence-electron chi connectivity index (χ0n) is 11.8. The molecule has 0 aromatic heterocycles. The first-order chi connectivity index (χ1) is 10.3. The van der Waals surface area contributed by atoms with Crippen molar-refractivity contribution in [3.05, 3.63) is 70.4 Å². The van der Waals surface area contributed by atoms with Crippen molar-refractivity contribution in [1.82, 2.24) is 0 Å². The highest BCUT2D eigenvalue weighted by molar-refractivity contribution is 5.32. The summed E-state index contributed by atoms with van der Waals surface area (Å²) in [5.74, 6) is 0.714. The van der Waals surface area contributed by atoms with Gasteiger partial charge >= 0.3 is 0 Å². The molecule has 0 radical (unpaired) electrons. The molecule has 1 aliphatic carbocycles. The first-order valence-electron chi connectivity index (χ1n) is 7.29. The molecule has 2 aromatic carbocycles. The Kier molecular flexibility index (Phi) is 4.20. The SMILES string of the molecule is O=c1c(OCc2ccccc2)ccccc1OC1CCC1. The van der Waals surface area contributed by atoms with Gasteiger partial charge in [-0.1, -0.05) is 42.5 Å². The molecule has 0 amide bonds. The smallest absolute Gasteiger partial charge is 0.262 e. The molecule has 1 fully saturated rings. The molecule has 0 saturated heterocycles. The van der Waals surface area contributed by atoms with Gasteiger partial charge in [0.25, 0.3) is 5.43 Å². The minimum absolute atomic E-state index is 0.178. The number of rotatable bonds is 5. The predicted molar refractivity (Wildman–Crippen MR) is 81.8 cm³/mol. The van der Waals surface area contributed by atoms with Crippen LogP contribution in [0.25, 0.3) is 0 Å². The van der Waals surface area contributed by atoms with E-state index >= 15 is 0 Å². The summed E-state index contributed by atoms with van der Waals surface area (Å²) in [5, 5.41) is 0. The maximum atomic E-state index is 12.4. The Balaban J connectivity index is 1.76. The standard InChI is InChI=1S/C18H18O3/c19-18-16(20-13-14-7-2-1-3-8-14)11-4-5-12-17(18)21-15-9-6-10-15/h1-5,7-8,11-12,15H,6,9-10,13H2. The molecule has 21 heavy (non-hydrogen) atoms. The topological polar surface area (TPSA) is 35.5 Å². The van der Waals surface area contributed by atoms with Crippen LogP contribution in [0.3, 0.4) is 0 Å². The maximum Gasteiger partial charge on any atom is 0.262 e. The highest BCUT2D eigenvalue weighted by atomic mass is 16.5. The van der Waals surface area contributed by atoms with Crippen LogP contribution < -0.4 is 14.9 Å². The van der Waals surface area contributed by atoms with E-state index < -0.39 is 0 Å². The van der Waals surface area contributed by atoms with Gasteiger partial charge in [-0.15, -0.1) is 0 Å². The van der Waals surface area contributed by atoms with Crippen LogP contribution in [0, 0.1) is 0 Å². The molecule has 0 aliphatic heterocycles. The Morgan fingerprint density at radius 3 is 2.24 bits per heavy atom. The Hall–Kier alpha value is -2.29. The van der Waals surface area contributed by atoms with E-state index in [0.717, 1.165) is 18.4 Å². The van der Waals surface area contributed by atoms with E-state index in [9.17, 15) is 4.79 Å². The Morgan fingerprint density at radius 2 is 1.57 bits per heavy atom. The molecular weight excluding hydrogens is 264 g/mol. The largest absolute Gasteiger partial charge is 0.486 e. The molecule has 1 saturated carbocycles. The fourth-order valence-electron chi connectivity index (χ4n) is 2.17. The summed E-state index contributed by atoms with van der Waals surface area (Å²) in [6.07, 6.45) is 3.41. The zero-order valence-corrected chi connectivity index (χ0v) is 11.8. The van der Waals surface area contributed by atoms with Gasteiger partial charge in [0.2, 0.25) is 0 Å². The van der Waals surface area contributed by atoms with Gasteiger partial charge in [0.05, 0.1) is 6.10 Å². The predicted octanol–water partition coefficient (Wildman–Crippen LogP) is 3.56. The molecule has 0 spiro atoms. The molecule has 0 atom stereocenters. The lowest BCUT2D eigenvalue weighted by atomic mass is 9.96. The quantitative estimate of drug-likeness (QED) is 0.841. The monoisotopic (exact) mass is 282 g/mol. The van der Waals surface area contributed by atoms with E-state index in [4.69, 9.17) is 9.47 Å². The molecule has 0 heterocycles. The third-order valence-electron chi connectivity index (χ3n) is 3.64. The van der Waals surface area contributed by atoms with E-state index in [0.29, 0.717) is 18.1 Å². The van der Waals surface area contributed by atoms with Crippen LogP contribution in [-0.2, 0) is 6.61 Å². The van der Waals surface area contributed by atoms with Crippen molar-refractivity contribution < 1.29 is 9.47 Å².